The molecule has 1 aromatic carbocycles. The number of aromatic hydroxyl groups is 1. The molecule has 0 saturated carbocycles. The van der Waals surface area contributed by atoms with E-state index in [4.69, 9.17) is 5.11 Å². The number of H-pyrrole nitrogens is 1. The van der Waals surface area contributed by atoms with E-state index in [2.05, 4.69) is 20.5 Å². The molecule has 0 aliphatic rings. The third kappa shape index (κ3) is 3.30. The van der Waals surface area contributed by atoms with E-state index in [9.17, 15) is 4.79 Å². The molecule has 1 amide bonds. The molecule has 6 nitrogen and oxygen atoms in total. The number of amides is 1. The zero-order valence-corrected chi connectivity index (χ0v) is 9.05. The number of carbonyl (C=O) groups is 1. The van der Waals surface area contributed by atoms with Gasteiger partial charge in [0.25, 0.3) is 0 Å². The Balaban J connectivity index is 1.83. The molecule has 1 aromatic heterocycles. The first-order valence-electron chi connectivity index (χ1n) is 5.13. The lowest BCUT2D eigenvalue weighted by Gasteiger charge is -2.03. The molecule has 2 aromatic rings. The van der Waals surface area contributed by atoms with Crippen LogP contribution in [0.5, 0.6) is 5.75 Å². The topological polar surface area (TPSA) is 90.9 Å². The van der Waals surface area contributed by atoms with Gasteiger partial charge in [0.1, 0.15) is 17.9 Å². The third-order valence-electron chi connectivity index (χ3n) is 2.22. The molecule has 0 spiro atoms. The van der Waals surface area contributed by atoms with Crippen LogP contribution in [0.3, 0.4) is 0 Å². The Kier molecular flexibility index (Phi) is 3.34. The van der Waals surface area contributed by atoms with Crippen LogP contribution in [0, 0.1) is 0 Å². The first-order valence-corrected chi connectivity index (χ1v) is 5.13. The second-order valence-corrected chi connectivity index (χ2v) is 3.55. The lowest BCUT2D eigenvalue weighted by Crippen LogP contribution is -2.25. The number of hydrogen-bond acceptors (Lipinski definition) is 4. The number of rotatable bonds is 4. The maximum atomic E-state index is 11.6. The van der Waals surface area contributed by atoms with Crippen molar-refractivity contribution in [3.05, 3.63) is 42.0 Å². The normalized spacial score (nSPS) is 10.1. The number of carbonyl (C=O) groups excluding carboxylic acids is 1. The summed E-state index contributed by atoms with van der Waals surface area (Å²) in [5.74, 6) is 0.701. The second-order valence-electron chi connectivity index (χ2n) is 3.55. The van der Waals surface area contributed by atoms with Gasteiger partial charge in [-0.25, -0.2) is 4.98 Å². The second kappa shape index (κ2) is 5.11. The van der Waals surface area contributed by atoms with Gasteiger partial charge in [0, 0.05) is 0 Å². The van der Waals surface area contributed by atoms with Gasteiger partial charge >= 0.3 is 0 Å². The van der Waals surface area contributed by atoms with Crippen LogP contribution < -0.4 is 5.32 Å². The van der Waals surface area contributed by atoms with Crippen molar-refractivity contribution in [3.8, 4) is 5.75 Å². The summed E-state index contributed by atoms with van der Waals surface area (Å²) >= 11 is 0. The number of aromatic amines is 1. The van der Waals surface area contributed by atoms with Crippen molar-refractivity contribution in [1.29, 1.82) is 0 Å². The average Bonchev–Trinajstić information content (AvgIpc) is 2.83. The number of phenols is 1. The van der Waals surface area contributed by atoms with Crippen LogP contribution in [0.1, 0.15) is 11.4 Å². The Morgan fingerprint density at radius 3 is 2.76 bits per heavy atom. The number of hydrogen-bond donors (Lipinski definition) is 3. The Morgan fingerprint density at radius 1 is 1.35 bits per heavy atom. The van der Waals surface area contributed by atoms with E-state index < -0.39 is 0 Å². The highest BCUT2D eigenvalue weighted by molar-refractivity contribution is 5.78. The smallest absolute Gasteiger partial charge is 0.224 e. The van der Waals surface area contributed by atoms with Crippen molar-refractivity contribution in [2.75, 3.05) is 0 Å². The minimum Gasteiger partial charge on any atom is -0.508 e. The van der Waals surface area contributed by atoms with E-state index in [1.54, 1.807) is 24.3 Å². The summed E-state index contributed by atoms with van der Waals surface area (Å²) in [5.41, 5.74) is 0.845. The molecule has 1 heterocycles. The fraction of sp³-hybridized carbons (Fsp3) is 0.182. The van der Waals surface area contributed by atoms with Gasteiger partial charge in [-0.15, -0.1) is 0 Å². The summed E-state index contributed by atoms with van der Waals surface area (Å²) in [4.78, 5) is 15.4. The number of nitrogens with one attached hydrogen (secondary N) is 2. The summed E-state index contributed by atoms with van der Waals surface area (Å²) in [6, 6.07) is 6.53. The highest BCUT2D eigenvalue weighted by Gasteiger charge is 2.04. The van der Waals surface area contributed by atoms with E-state index in [-0.39, 0.29) is 18.1 Å². The fourth-order valence-corrected chi connectivity index (χ4v) is 1.36. The van der Waals surface area contributed by atoms with E-state index in [1.165, 1.54) is 6.33 Å². The van der Waals surface area contributed by atoms with Crippen LogP contribution in [-0.2, 0) is 17.8 Å². The lowest BCUT2D eigenvalue weighted by atomic mass is 10.1. The molecule has 0 atom stereocenters. The largest absolute Gasteiger partial charge is 0.508 e. The van der Waals surface area contributed by atoms with Crippen molar-refractivity contribution < 1.29 is 9.90 Å². The molecular formula is C11H12N4O2. The lowest BCUT2D eigenvalue weighted by molar-refractivity contribution is -0.120. The van der Waals surface area contributed by atoms with Crippen molar-refractivity contribution in [2.45, 2.75) is 13.0 Å². The Hall–Kier alpha value is -2.37. The summed E-state index contributed by atoms with van der Waals surface area (Å²) in [5, 5.41) is 18.1. The van der Waals surface area contributed by atoms with Gasteiger partial charge in [0.15, 0.2) is 0 Å². The maximum Gasteiger partial charge on any atom is 0.224 e. The zero-order chi connectivity index (χ0) is 12.1. The van der Waals surface area contributed by atoms with Crippen molar-refractivity contribution in [2.24, 2.45) is 0 Å². The van der Waals surface area contributed by atoms with Crippen LogP contribution >= 0.6 is 0 Å². The standard InChI is InChI=1S/C11H12N4O2/c16-9-3-1-8(2-4-9)5-11(17)12-6-10-13-7-14-15-10/h1-4,7,16H,5-6H2,(H,12,17)(H,13,14,15). The highest BCUT2D eigenvalue weighted by Crippen LogP contribution is 2.09. The molecule has 3 N–H and O–H groups in total. The number of aromatic nitrogens is 3. The minimum atomic E-state index is -0.105. The van der Waals surface area contributed by atoms with Gasteiger partial charge in [-0.3, -0.25) is 9.89 Å². The predicted molar refractivity (Wildman–Crippen MR) is 60.0 cm³/mol. The number of nitrogens with zero attached hydrogens (tertiary/aromatic N) is 2. The average molecular weight is 232 g/mol. The molecule has 0 aliphatic carbocycles. The van der Waals surface area contributed by atoms with Crippen LogP contribution in [0.25, 0.3) is 0 Å². The quantitative estimate of drug-likeness (QED) is 0.710. The van der Waals surface area contributed by atoms with E-state index in [1.807, 2.05) is 0 Å². The summed E-state index contributed by atoms with van der Waals surface area (Å²) in [7, 11) is 0. The molecule has 88 valence electrons. The highest BCUT2D eigenvalue weighted by atomic mass is 16.3. The van der Waals surface area contributed by atoms with Crippen LogP contribution in [0.4, 0.5) is 0 Å². The summed E-state index contributed by atoms with van der Waals surface area (Å²) in [6.07, 6.45) is 1.66. The molecular weight excluding hydrogens is 220 g/mol. The molecule has 17 heavy (non-hydrogen) atoms. The zero-order valence-electron chi connectivity index (χ0n) is 9.05. The first-order chi connectivity index (χ1) is 8.24. The Bertz CT molecular complexity index is 479. The van der Waals surface area contributed by atoms with Crippen molar-refractivity contribution in [1.82, 2.24) is 20.5 Å². The molecule has 0 saturated heterocycles. The number of phenolic OH excluding ortho intramolecular Hbond substituents is 1. The predicted octanol–water partition coefficient (Wildman–Crippen LogP) is 0.369. The van der Waals surface area contributed by atoms with Crippen LogP contribution in [0.15, 0.2) is 30.6 Å². The maximum absolute atomic E-state index is 11.6. The van der Waals surface area contributed by atoms with E-state index >= 15 is 0 Å². The summed E-state index contributed by atoms with van der Waals surface area (Å²) in [6.45, 7) is 0.330. The van der Waals surface area contributed by atoms with Gasteiger partial charge in [-0.1, -0.05) is 12.1 Å². The molecule has 0 bridgehead atoms. The summed E-state index contributed by atoms with van der Waals surface area (Å²) < 4.78 is 0. The monoisotopic (exact) mass is 232 g/mol. The SMILES string of the molecule is O=C(Cc1ccc(O)cc1)NCc1ncn[nH]1. The van der Waals surface area contributed by atoms with Gasteiger partial charge in [0.2, 0.25) is 5.91 Å². The molecule has 0 aliphatic heterocycles. The van der Waals surface area contributed by atoms with E-state index in [0.29, 0.717) is 12.4 Å². The molecule has 6 heteroatoms. The number of benzene rings is 1. The molecule has 0 unspecified atom stereocenters. The van der Waals surface area contributed by atoms with Gasteiger partial charge in [-0.05, 0) is 17.7 Å². The van der Waals surface area contributed by atoms with Crippen molar-refractivity contribution >= 4 is 5.91 Å². The fourth-order valence-electron chi connectivity index (χ4n) is 1.36. The van der Waals surface area contributed by atoms with Gasteiger partial charge in [0.05, 0.1) is 13.0 Å². The van der Waals surface area contributed by atoms with Crippen LogP contribution in [0.2, 0.25) is 0 Å². The van der Waals surface area contributed by atoms with Gasteiger partial charge in [-0.2, -0.15) is 5.10 Å². The Labute approximate surface area is 97.7 Å². The van der Waals surface area contributed by atoms with Crippen LogP contribution in [-0.4, -0.2) is 26.2 Å². The van der Waals surface area contributed by atoms with Gasteiger partial charge < -0.3 is 10.4 Å². The third-order valence-corrected chi connectivity index (χ3v) is 2.22. The molecule has 0 radical (unpaired) electrons. The molecule has 0 fully saturated rings. The first kappa shape index (κ1) is 11.1. The Morgan fingerprint density at radius 2 is 2.12 bits per heavy atom. The van der Waals surface area contributed by atoms with Crippen molar-refractivity contribution in [3.63, 3.8) is 0 Å². The minimum absolute atomic E-state index is 0.105. The van der Waals surface area contributed by atoms with E-state index in [0.717, 1.165) is 5.56 Å². The molecule has 2 rings (SSSR count).